The molecule has 0 radical (unpaired) electrons. The topological polar surface area (TPSA) is 87.3 Å². The maximum Gasteiger partial charge on any atom is 0.164 e. The zero-order valence-electron chi connectivity index (χ0n) is 41.2. The molecule has 1 aliphatic carbocycles. The van der Waals surface area contributed by atoms with E-state index < -0.39 is 0 Å². The molecule has 76 heavy (non-hydrogen) atoms. The molecule has 0 bridgehead atoms. The fraction of sp³-hybridized carbons (Fsp3) is 0.0870. The van der Waals surface area contributed by atoms with Crippen LogP contribution < -0.4 is 4.74 Å². The summed E-state index contributed by atoms with van der Waals surface area (Å²) < 4.78 is 25.5. The number of fused-ring (bicyclic) bond motifs is 12. The van der Waals surface area contributed by atoms with Gasteiger partial charge in [-0.3, -0.25) is 0 Å². The SMILES string of the molecule is c1ccc(-c2nc(-c3cc(-c4ccc5c(c4)C4CCCCC4O5)cc(-c4ccc5oc6ccccc6c5c4)c3)nc(-c3cc(-c4ccc5oc6ccccc6c5c4)cc(-c4ccc5oc6ccccc6c5c4)c3)n2)cc1. The Morgan fingerprint density at radius 1 is 0.289 bits per heavy atom. The Kier molecular flexibility index (Phi) is 9.58. The minimum Gasteiger partial charge on any atom is -0.489 e. The van der Waals surface area contributed by atoms with Gasteiger partial charge in [-0.1, -0.05) is 116 Å². The molecule has 7 heteroatoms. The molecule has 10 aromatic carbocycles. The molecule has 4 aromatic heterocycles. The van der Waals surface area contributed by atoms with Gasteiger partial charge in [0.2, 0.25) is 0 Å². The smallest absolute Gasteiger partial charge is 0.164 e. The van der Waals surface area contributed by atoms with E-state index in [2.05, 4.69) is 158 Å². The fourth-order valence-electron chi connectivity index (χ4n) is 12.1. The lowest BCUT2D eigenvalue weighted by molar-refractivity contribution is 0.164. The van der Waals surface area contributed by atoms with E-state index in [0.29, 0.717) is 23.4 Å². The first-order valence-electron chi connectivity index (χ1n) is 26.3. The standard InChI is InChI=1S/C69H45N3O4/c1-2-12-40(13-3-1)67-70-68(49-32-45(41-22-26-63-55(36-41)51-14-4-8-18-59(51)73-63)30-46(33-49)42-23-27-64-56(37-42)52-15-5-9-19-60(52)74-64)72-69(71-67)50-34-47(43-24-28-65-57(38-43)53-16-6-10-20-61(53)75-65)31-48(35-50)44-25-29-66-58(39-44)54-17-7-11-21-62(54)76-66/h1-6,8-10,12-16,18-20,22-39,54,62H,7,11,17,21H2. The Morgan fingerprint density at radius 3 is 1.16 bits per heavy atom. The van der Waals surface area contributed by atoms with Gasteiger partial charge in [-0.2, -0.15) is 0 Å². The van der Waals surface area contributed by atoms with Crippen molar-refractivity contribution in [2.45, 2.75) is 37.7 Å². The zero-order valence-corrected chi connectivity index (χ0v) is 41.2. The summed E-state index contributed by atoms with van der Waals surface area (Å²) in [6.45, 7) is 0. The van der Waals surface area contributed by atoms with Crippen molar-refractivity contribution in [2.24, 2.45) is 0 Å². The fourth-order valence-corrected chi connectivity index (χ4v) is 12.1. The van der Waals surface area contributed by atoms with Crippen molar-refractivity contribution in [1.29, 1.82) is 0 Å². The van der Waals surface area contributed by atoms with E-state index in [0.717, 1.165) is 146 Å². The second-order valence-corrected chi connectivity index (χ2v) is 20.5. The molecule has 2 atom stereocenters. The first kappa shape index (κ1) is 42.9. The lowest BCUT2D eigenvalue weighted by Gasteiger charge is -2.23. The Morgan fingerprint density at radius 2 is 0.671 bits per heavy atom. The molecular formula is C69H45N3O4. The maximum atomic E-state index is 6.56. The normalized spacial score (nSPS) is 15.3. The van der Waals surface area contributed by atoms with E-state index in [9.17, 15) is 0 Å². The minimum absolute atomic E-state index is 0.248. The monoisotopic (exact) mass is 979 g/mol. The number of rotatable bonds is 7. The highest BCUT2D eigenvalue weighted by Gasteiger charge is 2.36. The van der Waals surface area contributed by atoms with Crippen LogP contribution in [0.1, 0.15) is 37.2 Å². The lowest BCUT2D eigenvalue weighted by Crippen LogP contribution is -2.22. The predicted molar refractivity (Wildman–Crippen MR) is 305 cm³/mol. The number of para-hydroxylation sites is 3. The lowest BCUT2D eigenvalue weighted by atomic mass is 9.82. The van der Waals surface area contributed by atoms with Crippen LogP contribution in [-0.2, 0) is 0 Å². The molecule has 1 fully saturated rings. The van der Waals surface area contributed by atoms with Gasteiger partial charge in [0.1, 0.15) is 45.4 Å². The largest absolute Gasteiger partial charge is 0.489 e. The first-order valence-corrected chi connectivity index (χ1v) is 26.3. The van der Waals surface area contributed by atoms with Gasteiger partial charge in [-0.15, -0.1) is 0 Å². The molecule has 5 heterocycles. The number of aromatic nitrogens is 3. The van der Waals surface area contributed by atoms with Gasteiger partial charge in [0.25, 0.3) is 0 Å². The molecular weight excluding hydrogens is 935 g/mol. The number of hydrogen-bond donors (Lipinski definition) is 0. The van der Waals surface area contributed by atoms with E-state index >= 15 is 0 Å². The molecule has 1 aliphatic heterocycles. The van der Waals surface area contributed by atoms with Crippen LogP contribution in [0.2, 0.25) is 0 Å². The van der Waals surface area contributed by atoms with Crippen molar-refractivity contribution in [1.82, 2.24) is 15.0 Å². The number of furan rings is 3. The predicted octanol–water partition coefficient (Wildman–Crippen LogP) is 18.7. The molecule has 16 rings (SSSR count). The summed E-state index contributed by atoms with van der Waals surface area (Å²) in [5.74, 6) is 3.14. The molecule has 360 valence electrons. The molecule has 14 aromatic rings. The quantitative estimate of drug-likeness (QED) is 0.157. The van der Waals surface area contributed by atoms with E-state index in [1.165, 1.54) is 18.4 Å². The van der Waals surface area contributed by atoms with Gasteiger partial charge in [0.05, 0.1) is 0 Å². The highest BCUT2D eigenvalue weighted by atomic mass is 16.5. The average Bonchev–Trinajstić information content (AvgIpc) is 4.28. The molecule has 2 aliphatic rings. The third kappa shape index (κ3) is 7.14. The van der Waals surface area contributed by atoms with Crippen LogP contribution in [0.15, 0.2) is 226 Å². The van der Waals surface area contributed by atoms with Crippen molar-refractivity contribution in [3.63, 3.8) is 0 Å². The number of nitrogens with zero attached hydrogens (tertiary/aromatic N) is 3. The first-order chi connectivity index (χ1) is 37.6. The van der Waals surface area contributed by atoms with Crippen LogP contribution in [0, 0.1) is 0 Å². The Labute approximate surface area is 436 Å². The van der Waals surface area contributed by atoms with Crippen molar-refractivity contribution in [3.8, 4) is 84.4 Å². The van der Waals surface area contributed by atoms with Gasteiger partial charge in [0.15, 0.2) is 17.5 Å². The summed E-state index contributed by atoms with van der Waals surface area (Å²) in [4.78, 5) is 16.2. The van der Waals surface area contributed by atoms with Crippen molar-refractivity contribution in [2.75, 3.05) is 0 Å². The van der Waals surface area contributed by atoms with Crippen LogP contribution in [0.5, 0.6) is 5.75 Å². The summed E-state index contributed by atoms with van der Waals surface area (Å²) in [5.41, 5.74) is 17.5. The van der Waals surface area contributed by atoms with Crippen LogP contribution in [-0.4, -0.2) is 21.1 Å². The number of hydrogen-bond acceptors (Lipinski definition) is 7. The summed E-state index contributed by atoms with van der Waals surface area (Å²) in [6.07, 6.45) is 4.93. The van der Waals surface area contributed by atoms with Crippen LogP contribution >= 0.6 is 0 Å². The molecule has 0 amide bonds. The molecule has 0 spiro atoms. The van der Waals surface area contributed by atoms with Crippen LogP contribution in [0.3, 0.4) is 0 Å². The van der Waals surface area contributed by atoms with E-state index in [1.807, 2.05) is 54.6 Å². The Hall–Kier alpha value is -9.59. The molecule has 0 N–H and O–H groups in total. The minimum atomic E-state index is 0.248. The Balaban J connectivity index is 0.911. The average molecular weight is 980 g/mol. The van der Waals surface area contributed by atoms with Gasteiger partial charge < -0.3 is 18.0 Å². The second kappa shape index (κ2) is 17.0. The summed E-state index contributed by atoms with van der Waals surface area (Å²) in [7, 11) is 0. The van der Waals surface area contributed by atoms with E-state index in [1.54, 1.807) is 0 Å². The number of ether oxygens (including phenoxy) is 1. The van der Waals surface area contributed by atoms with Crippen molar-refractivity contribution < 1.29 is 18.0 Å². The van der Waals surface area contributed by atoms with Crippen LogP contribution in [0.25, 0.3) is 144 Å². The Bertz CT molecular complexity index is 4530. The van der Waals surface area contributed by atoms with Crippen LogP contribution in [0.4, 0.5) is 0 Å². The van der Waals surface area contributed by atoms with Crippen molar-refractivity contribution in [3.05, 3.63) is 218 Å². The molecule has 2 unspecified atom stereocenters. The van der Waals surface area contributed by atoms with Gasteiger partial charge in [-0.25, -0.2) is 15.0 Å². The zero-order chi connectivity index (χ0) is 49.8. The van der Waals surface area contributed by atoms with E-state index in [-0.39, 0.29) is 6.10 Å². The highest BCUT2D eigenvalue weighted by molar-refractivity contribution is 6.09. The molecule has 7 nitrogen and oxygen atoms in total. The number of benzene rings is 10. The third-order valence-electron chi connectivity index (χ3n) is 15.9. The summed E-state index contributed by atoms with van der Waals surface area (Å²) in [6, 6.07) is 74.6. The van der Waals surface area contributed by atoms with Crippen molar-refractivity contribution >= 4 is 65.8 Å². The molecule has 1 saturated carbocycles. The van der Waals surface area contributed by atoms with Gasteiger partial charge in [-0.05, 0) is 167 Å². The summed E-state index contributed by atoms with van der Waals surface area (Å²) >= 11 is 0. The van der Waals surface area contributed by atoms with Gasteiger partial charge >= 0.3 is 0 Å². The van der Waals surface area contributed by atoms with E-state index in [4.69, 9.17) is 32.9 Å². The highest BCUT2D eigenvalue weighted by Crippen LogP contribution is 2.48. The molecule has 0 saturated heterocycles. The third-order valence-corrected chi connectivity index (χ3v) is 15.9. The maximum absolute atomic E-state index is 6.56. The summed E-state index contributed by atoms with van der Waals surface area (Å²) in [5, 5.41) is 6.43. The second-order valence-electron chi connectivity index (χ2n) is 20.5. The van der Waals surface area contributed by atoms with Gasteiger partial charge in [0, 0.05) is 60.5 Å².